The highest BCUT2D eigenvalue weighted by Gasteiger charge is 2.14. The molecule has 0 aliphatic heterocycles. The van der Waals surface area contributed by atoms with Gasteiger partial charge in [0.05, 0.1) is 0 Å². The summed E-state index contributed by atoms with van der Waals surface area (Å²) in [6, 6.07) is 8.25. The average Bonchev–Trinajstić information content (AvgIpc) is 2.23. The molecule has 0 saturated heterocycles. The zero-order chi connectivity index (χ0) is 14.7. The molecule has 1 aromatic carbocycles. The van der Waals surface area contributed by atoms with Crippen molar-refractivity contribution in [1.29, 1.82) is 0 Å². The van der Waals surface area contributed by atoms with E-state index in [-0.39, 0.29) is 17.0 Å². The van der Waals surface area contributed by atoms with Gasteiger partial charge >= 0.3 is 6.03 Å². The first-order chi connectivity index (χ1) is 8.58. The van der Waals surface area contributed by atoms with Gasteiger partial charge < -0.3 is 10.6 Å². The fraction of sp³-hybridized carbons (Fsp3) is 0.562. The molecule has 0 spiro atoms. The summed E-state index contributed by atoms with van der Waals surface area (Å²) in [5.41, 5.74) is 2.36. The molecule has 0 radical (unpaired) electrons. The smallest absolute Gasteiger partial charge is 0.315 e. The summed E-state index contributed by atoms with van der Waals surface area (Å²) in [4.78, 5) is 11.6. The van der Waals surface area contributed by atoms with Gasteiger partial charge in [-0.3, -0.25) is 0 Å². The summed E-state index contributed by atoms with van der Waals surface area (Å²) in [6.45, 7) is 13.0. The predicted molar refractivity (Wildman–Crippen MR) is 80.3 cm³/mol. The molecule has 2 amide bonds. The monoisotopic (exact) mass is 262 g/mol. The largest absolute Gasteiger partial charge is 0.334 e. The number of hydrogen-bond acceptors (Lipinski definition) is 1. The van der Waals surface area contributed by atoms with Crippen molar-refractivity contribution in [1.82, 2.24) is 10.6 Å². The number of benzene rings is 1. The maximum atomic E-state index is 11.6. The Morgan fingerprint density at radius 2 is 1.53 bits per heavy atom. The zero-order valence-electron chi connectivity index (χ0n) is 12.9. The van der Waals surface area contributed by atoms with Crippen molar-refractivity contribution in [2.24, 2.45) is 0 Å². The molecule has 0 atom stereocenters. The van der Waals surface area contributed by atoms with E-state index in [1.54, 1.807) is 0 Å². The van der Waals surface area contributed by atoms with E-state index >= 15 is 0 Å². The molecule has 3 heteroatoms. The van der Waals surface area contributed by atoms with Gasteiger partial charge in [0.1, 0.15) is 0 Å². The quantitative estimate of drug-likeness (QED) is 0.840. The SMILES string of the molecule is CC(C)(C)NC(=O)NCc1ccc(C(C)(C)C)cc1. The number of carbonyl (C=O) groups is 1. The summed E-state index contributed by atoms with van der Waals surface area (Å²) in [7, 11) is 0. The highest BCUT2D eigenvalue weighted by molar-refractivity contribution is 5.74. The van der Waals surface area contributed by atoms with Gasteiger partial charge in [0.2, 0.25) is 0 Å². The van der Waals surface area contributed by atoms with E-state index in [2.05, 4.69) is 55.7 Å². The minimum absolute atomic E-state index is 0.132. The lowest BCUT2D eigenvalue weighted by atomic mass is 9.87. The lowest BCUT2D eigenvalue weighted by Gasteiger charge is -2.21. The highest BCUT2D eigenvalue weighted by Crippen LogP contribution is 2.22. The summed E-state index contributed by atoms with van der Waals surface area (Å²) >= 11 is 0. The third-order valence-electron chi connectivity index (χ3n) is 2.76. The second-order valence-electron chi connectivity index (χ2n) is 7.00. The summed E-state index contributed by atoms with van der Waals surface area (Å²) in [5, 5.41) is 5.74. The molecule has 19 heavy (non-hydrogen) atoms. The van der Waals surface area contributed by atoms with Crippen LogP contribution in [0.25, 0.3) is 0 Å². The van der Waals surface area contributed by atoms with Gasteiger partial charge in [-0.2, -0.15) is 0 Å². The van der Waals surface area contributed by atoms with E-state index in [0.29, 0.717) is 6.54 Å². The molecule has 0 heterocycles. The predicted octanol–water partition coefficient (Wildman–Crippen LogP) is 3.58. The van der Waals surface area contributed by atoms with Crippen molar-refractivity contribution in [3.63, 3.8) is 0 Å². The Kier molecular flexibility index (Phi) is 4.61. The fourth-order valence-corrected chi connectivity index (χ4v) is 1.69. The Labute approximate surface area is 116 Å². The minimum atomic E-state index is -0.208. The molecule has 0 unspecified atom stereocenters. The van der Waals surface area contributed by atoms with E-state index in [4.69, 9.17) is 0 Å². The van der Waals surface area contributed by atoms with Crippen LogP contribution in [0, 0.1) is 0 Å². The van der Waals surface area contributed by atoms with E-state index in [9.17, 15) is 4.79 Å². The molecular weight excluding hydrogens is 236 g/mol. The van der Waals surface area contributed by atoms with E-state index < -0.39 is 0 Å². The number of carbonyl (C=O) groups excluding carboxylic acids is 1. The van der Waals surface area contributed by atoms with Crippen LogP contribution in [0.5, 0.6) is 0 Å². The van der Waals surface area contributed by atoms with Crippen molar-refractivity contribution < 1.29 is 4.79 Å². The molecule has 0 saturated carbocycles. The lowest BCUT2D eigenvalue weighted by molar-refractivity contribution is 0.231. The summed E-state index contributed by atoms with van der Waals surface area (Å²) < 4.78 is 0. The van der Waals surface area contributed by atoms with Crippen LogP contribution in [0.4, 0.5) is 4.79 Å². The number of nitrogens with one attached hydrogen (secondary N) is 2. The number of amides is 2. The molecule has 106 valence electrons. The Balaban J connectivity index is 2.53. The van der Waals surface area contributed by atoms with Crippen LogP contribution in [0.3, 0.4) is 0 Å². The van der Waals surface area contributed by atoms with Crippen molar-refractivity contribution >= 4 is 6.03 Å². The molecule has 0 aromatic heterocycles. The molecule has 0 fully saturated rings. The molecular formula is C16H26N2O. The van der Waals surface area contributed by atoms with Crippen LogP contribution in [-0.4, -0.2) is 11.6 Å². The van der Waals surface area contributed by atoms with Gasteiger partial charge in [0.25, 0.3) is 0 Å². The van der Waals surface area contributed by atoms with Crippen LogP contribution in [-0.2, 0) is 12.0 Å². The van der Waals surface area contributed by atoms with Gasteiger partial charge in [0.15, 0.2) is 0 Å². The minimum Gasteiger partial charge on any atom is -0.334 e. The van der Waals surface area contributed by atoms with Crippen molar-refractivity contribution in [3.05, 3.63) is 35.4 Å². The van der Waals surface area contributed by atoms with Gasteiger partial charge in [-0.25, -0.2) is 4.79 Å². The lowest BCUT2D eigenvalue weighted by Crippen LogP contribution is -2.46. The first-order valence-electron chi connectivity index (χ1n) is 6.73. The Bertz CT molecular complexity index is 422. The normalized spacial score (nSPS) is 12.1. The first kappa shape index (κ1) is 15.5. The van der Waals surface area contributed by atoms with Crippen LogP contribution in [0.15, 0.2) is 24.3 Å². The van der Waals surface area contributed by atoms with Gasteiger partial charge in [0, 0.05) is 12.1 Å². The maximum Gasteiger partial charge on any atom is 0.315 e. The summed E-state index contributed by atoms with van der Waals surface area (Å²) in [5.74, 6) is 0. The zero-order valence-corrected chi connectivity index (χ0v) is 12.9. The highest BCUT2D eigenvalue weighted by atomic mass is 16.2. The molecule has 0 aliphatic carbocycles. The van der Waals surface area contributed by atoms with Crippen LogP contribution in [0.2, 0.25) is 0 Å². The van der Waals surface area contributed by atoms with Gasteiger partial charge in [-0.05, 0) is 37.3 Å². The fourth-order valence-electron chi connectivity index (χ4n) is 1.69. The van der Waals surface area contributed by atoms with Gasteiger partial charge in [-0.15, -0.1) is 0 Å². The topological polar surface area (TPSA) is 41.1 Å². The standard InChI is InChI=1S/C16H26N2O/c1-15(2,3)13-9-7-12(8-10-13)11-17-14(19)18-16(4,5)6/h7-10H,11H2,1-6H3,(H2,17,18,19). The Morgan fingerprint density at radius 3 is 1.95 bits per heavy atom. The van der Waals surface area contributed by atoms with Crippen LogP contribution in [0.1, 0.15) is 52.7 Å². The number of rotatable bonds is 2. The summed E-state index contributed by atoms with van der Waals surface area (Å²) in [6.07, 6.45) is 0. The van der Waals surface area contributed by atoms with Crippen LogP contribution < -0.4 is 10.6 Å². The molecule has 0 bridgehead atoms. The van der Waals surface area contributed by atoms with Crippen molar-refractivity contribution in [3.8, 4) is 0 Å². The van der Waals surface area contributed by atoms with Crippen molar-refractivity contribution in [2.75, 3.05) is 0 Å². The molecule has 1 aromatic rings. The first-order valence-corrected chi connectivity index (χ1v) is 6.73. The molecule has 1 rings (SSSR count). The van der Waals surface area contributed by atoms with Gasteiger partial charge in [-0.1, -0.05) is 45.0 Å². The second kappa shape index (κ2) is 5.64. The number of hydrogen-bond donors (Lipinski definition) is 2. The average molecular weight is 262 g/mol. The van der Waals surface area contributed by atoms with E-state index in [1.165, 1.54) is 5.56 Å². The maximum absolute atomic E-state index is 11.6. The van der Waals surface area contributed by atoms with E-state index in [1.807, 2.05) is 20.8 Å². The number of urea groups is 1. The van der Waals surface area contributed by atoms with E-state index in [0.717, 1.165) is 5.56 Å². The molecule has 3 nitrogen and oxygen atoms in total. The van der Waals surface area contributed by atoms with Crippen LogP contribution >= 0.6 is 0 Å². The molecule has 0 aliphatic rings. The Morgan fingerprint density at radius 1 is 1.00 bits per heavy atom. The third-order valence-corrected chi connectivity index (χ3v) is 2.76. The third kappa shape index (κ3) is 5.77. The van der Waals surface area contributed by atoms with Crippen molar-refractivity contribution in [2.45, 2.75) is 59.0 Å². The Hall–Kier alpha value is -1.51. The second-order valence-corrected chi connectivity index (χ2v) is 7.00. The molecule has 2 N–H and O–H groups in total.